The van der Waals surface area contributed by atoms with Gasteiger partial charge in [0.2, 0.25) is 5.91 Å². The number of nitrogens with one attached hydrogen (secondary N) is 1. The second-order valence-electron chi connectivity index (χ2n) is 6.61. The lowest BCUT2D eigenvalue weighted by molar-refractivity contribution is -0.133. The molecule has 1 aliphatic carbocycles. The van der Waals surface area contributed by atoms with E-state index in [4.69, 9.17) is 0 Å². The summed E-state index contributed by atoms with van der Waals surface area (Å²) in [5.41, 5.74) is 0. The Morgan fingerprint density at radius 1 is 1.25 bits per heavy atom. The minimum Gasteiger partial charge on any atom is -0.343 e. The van der Waals surface area contributed by atoms with Crippen molar-refractivity contribution in [3.8, 4) is 0 Å². The standard InChI is InChI=1S/C15H24N4O/c1-10(2)9-13(20)19-7-5-12(6-8-19)15-16-14(17-18-15)11-3-4-11/h10-12H,3-9H2,1-2H3,(H,16,17,18). The smallest absolute Gasteiger partial charge is 0.222 e. The average Bonchev–Trinajstić information content (AvgIpc) is 3.16. The maximum atomic E-state index is 12.0. The molecular weight excluding hydrogens is 252 g/mol. The van der Waals surface area contributed by atoms with Gasteiger partial charge in [0, 0.05) is 31.3 Å². The third-order valence-corrected chi connectivity index (χ3v) is 4.28. The van der Waals surface area contributed by atoms with E-state index in [0.717, 1.165) is 37.6 Å². The summed E-state index contributed by atoms with van der Waals surface area (Å²) in [4.78, 5) is 18.7. The number of H-pyrrole nitrogens is 1. The van der Waals surface area contributed by atoms with E-state index in [1.54, 1.807) is 0 Å². The number of nitrogens with zero attached hydrogens (tertiary/aromatic N) is 3. The number of amides is 1. The maximum absolute atomic E-state index is 12.0. The van der Waals surface area contributed by atoms with E-state index in [-0.39, 0.29) is 0 Å². The van der Waals surface area contributed by atoms with Gasteiger partial charge in [-0.2, -0.15) is 5.10 Å². The van der Waals surface area contributed by atoms with Crippen molar-refractivity contribution in [1.29, 1.82) is 0 Å². The van der Waals surface area contributed by atoms with Crippen molar-refractivity contribution in [3.05, 3.63) is 11.6 Å². The predicted octanol–water partition coefficient (Wildman–Crippen LogP) is 2.43. The van der Waals surface area contributed by atoms with Gasteiger partial charge in [-0.1, -0.05) is 13.8 Å². The van der Waals surface area contributed by atoms with Crippen LogP contribution in [0.5, 0.6) is 0 Å². The quantitative estimate of drug-likeness (QED) is 0.918. The molecule has 5 heteroatoms. The zero-order valence-electron chi connectivity index (χ0n) is 12.4. The molecule has 2 fully saturated rings. The van der Waals surface area contributed by atoms with Gasteiger partial charge in [0.1, 0.15) is 5.82 Å². The van der Waals surface area contributed by atoms with Crippen molar-refractivity contribution in [1.82, 2.24) is 20.1 Å². The van der Waals surface area contributed by atoms with Crippen LogP contribution < -0.4 is 0 Å². The summed E-state index contributed by atoms with van der Waals surface area (Å²) >= 11 is 0. The molecule has 0 atom stereocenters. The van der Waals surface area contributed by atoms with E-state index in [0.29, 0.717) is 30.1 Å². The third-order valence-electron chi connectivity index (χ3n) is 4.28. The number of piperidine rings is 1. The zero-order chi connectivity index (χ0) is 14.1. The highest BCUT2D eigenvalue weighted by molar-refractivity contribution is 5.76. The van der Waals surface area contributed by atoms with Gasteiger partial charge in [-0.25, -0.2) is 4.98 Å². The molecule has 3 rings (SSSR count). The van der Waals surface area contributed by atoms with Gasteiger partial charge >= 0.3 is 0 Å². The monoisotopic (exact) mass is 276 g/mol. The van der Waals surface area contributed by atoms with Gasteiger partial charge < -0.3 is 4.90 Å². The van der Waals surface area contributed by atoms with Crippen molar-refractivity contribution in [2.24, 2.45) is 5.92 Å². The van der Waals surface area contributed by atoms with Gasteiger partial charge in [0.25, 0.3) is 0 Å². The molecule has 2 aliphatic rings. The molecule has 1 aliphatic heterocycles. The zero-order valence-corrected chi connectivity index (χ0v) is 12.4. The summed E-state index contributed by atoms with van der Waals surface area (Å²) in [5.74, 6) is 3.82. The van der Waals surface area contributed by atoms with Crippen LogP contribution in [0.15, 0.2) is 0 Å². The molecule has 20 heavy (non-hydrogen) atoms. The lowest BCUT2D eigenvalue weighted by Crippen LogP contribution is -2.38. The van der Waals surface area contributed by atoms with E-state index in [9.17, 15) is 4.79 Å². The lowest BCUT2D eigenvalue weighted by atomic mass is 9.95. The molecular formula is C15H24N4O. The van der Waals surface area contributed by atoms with Crippen molar-refractivity contribution in [2.75, 3.05) is 13.1 Å². The largest absolute Gasteiger partial charge is 0.343 e. The number of aromatic nitrogens is 3. The van der Waals surface area contributed by atoms with Crippen LogP contribution in [0.1, 0.15) is 69.4 Å². The molecule has 1 aromatic rings. The molecule has 1 saturated heterocycles. The lowest BCUT2D eigenvalue weighted by Gasteiger charge is -2.31. The van der Waals surface area contributed by atoms with Crippen LogP contribution in [0.4, 0.5) is 0 Å². The first-order valence-electron chi connectivity index (χ1n) is 7.83. The topological polar surface area (TPSA) is 61.9 Å². The van der Waals surface area contributed by atoms with E-state index in [1.165, 1.54) is 12.8 Å². The summed E-state index contributed by atoms with van der Waals surface area (Å²) in [5, 5.41) is 7.44. The first-order valence-corrected chi connectivity index (χ1v) is 7.83. The van der Waals surface area contributed by atoms with E-state index >= 15 is 0 Å². The van der Waals surface area contributed by atoms with Crippen LogP contribution in [0.2, 0.25) is 0 Å². The Kier molecular flexibility index (Phi) is 3.76. The number of hydrogen-bond donors (Lipinski definition) is 1. The van der Waals surface area contributed by atoms with Gasteiger partial charge in [-0.05, 0) is 31.6 Å². The maximum Gasteiger partial charge on any atom is 0.222 e. The number of carbonyl (C=O) groups is 1. The summed E-state index contributed by atoms with van der Waals surface area (Å²) < 4.78 is 0. The predicted molar refractivity (Wildman–Crippen MR) is 76.4 cm³/mol. The number of aromatic amines is 1. The minimum absolute atomic E-state index is 0.301. The van der Waals surface area contributed by atoms with Gasteiger partial charge in [0.15, 0.2) is 5.82 Å². The Bertz CT molecular complexity index is 470. The van der Waals surface area contributed by atoms with E-state index in [1.807, 2.05) is 4.90 Å². The third kappa shape index (κ3) is 3.02. The van der Waals surface area contributed by atoms with Crippen LogP contribution in [-0.2, 0) is 4.79 Å². The van der Waals surface area contributed by atoms with Crippen LogP contribution in [-0.4, -0.2) is 39.1 Å². The van der Waals surface area contributed by atoms with Crippen molar-refractivity contribution in [2.45, 2.75) is 57.8 Å². The summed E-state index contributed by atoms with van der Waals surface area (Å²) in [7, 11) is 0. The molecule has 1 amide bonds. The molecule has 0 aromatic carbocycles. The SMILES string of the molecule is CC(C)CC(=O)N1CCC(c2nc(C3CC3)n[nH]2)CC1. The van der Waals surface area contributed by atoms with Crippen LogP contribution in [0.25, 0.3) is 0 Å². The van der Waals surface area contributed by atoms with Gasteiger partial charge in [-0.15, -0.1) is 0 Å². The van der Waals surface area contributed by atoms with Crippen molar-refractivity contribution >= 4 is 5.91 Å². The molecule has 0 bridgehead atoms. The molecule has 5 nitrogen and oxygen atoms in total. The number of rotatable bonds is 4. The Hall–Kier alpha value is -1.39. The number of carbonyl (C=O) groups excluding carboxylic acids is 1. The average molecular weight is 276 g/mol. The Morgan fingerprint density at radius 2 is 1.95 bits per heavy atom. The highest BCUT2D eigenvalue weighted by Gasteiger charge is 2.30. The van der Waals surface area contributed by atoms with E-state index < -0.39 is 0 Å². The first-order chi connectivity index (χ1) is 9.63. The molecule has 0 unspecified atom stereocenters. The molecule has 1 aromatic heterocycles. The number of hydrogen-bond acceptors (Lipinski definition) is 3. The van der Waals surface area contributed by atoms with Gasteiger partial charge in [0.05, 0.1) is 0 Å². The molecule has 1 saturated carbocycles. The fourth-order valence-corrected chi connectivity index (χ4v) is 2.88. The van der Waals surface area contributed by atoms with Crippen molar-refractivity contribution < 1.29 is 4.79 Å². The number of likely N-dealkylation sites (tertiary alicyclic amines) is 1. The Labute approximate surface area is 120 Å². The molecule has 2 heterocycles. The van der Waals surface area contributed by atoms with Crippen LogP contribution in [0, 0.1) is 5.92 Å². The van der Waals surface area contributed by atoms with Gasteiger partial charge in [-0.3, -0.25) is 9.89 Å². The fraction of sp³-hybridized carbons (Fsp3) is 0.800. The molecule has 0 radical (unpaired) electrons. The summed E-state index contributed by atoms with van der Waals surface area (Å²) in [6.45, 7) is 5.91. The summed E-state index contributed by atoms with van der Waals surface area (Å²) in [6, 6.07) is 0. The molecule has 0 spiro atoms. The van der Waals surface area contributed by atoms with Crippen molar-refractivity contribution in [3.63, 3.8) is 0 Å². The second kappa shape index (κ2) is 5.54. The normalized spacial score (nSPS) is 20.6. The first kappa shape index (κ1) is 13.6. The Morgan fingerprint density at radius 3 is 2.55 bits per heavy atom. The van der Waals surface area contributed by atoms with Crippen LogP contribution in [0.3, 0.4) is 0 Å². The molecule has 110 valence electrons. The summed E-state index contributed by atoms with van der Waals surface area (Å²) in [6.07, 6.45) is 5.14. The van der Waals surface area contributed by atoms with Crippen LogP contribution >= 0.6 is 0 Å². The van der Waals surface area contributed by atoms with E-state index in [2.05, 4.69) is 29.0 Å². The highest BCUT2D eigenvalue weighted by Crippen LogP contribution is 2.38. The fourth-order valence-electron chi connectivity index (χ4n) is 2.88. The molecule has 1 N–H and O–H groups in total. The highest BCUT2D eigenvalue weighted by atomic mass is 16.2. The minimum atomic E-state index is 0.301. The second-order valence-corrected chi connectivity index (χ2v) is 6.61. The Balaban J connectivity index is 1.53.